The second-order valence-electron chi connectivity index (χ2n) is 7.16. The number of aryl methyl sites for hydroxylation is 1. The molecular weight excluding hydrogens is 355 g/mol. The summed E-state index contributed by atoms with van der Waals surface area (Å²) in [5.74, 6) is -0.158. The van der Waals surface area contributed by atoms with Gasteiger partial charge in [0, 0.05) is 44.5 Å². The minimum Gasteiger partial charge on any atom is -0.336 e. The zero-order valence-corrected chi connectivity index (χ0v) is 15.9. The van der Waals surface area contributed by atoms with Crippen molar-refractivity contribution in [2.45, 2.75) is 13.5 Å². The summed E-state index contributed by atoms with van der Waals surface area (Å²) in [5.41, 5.74) is 3.70. The molecule has 0 radical (unpaired) electrons. The number of aromatic nitrogens is 2. The van der Waals surface area contributed by atoms with Gasteiger partial charge in [-0.15, -0.1) is 0 Å². The highest BCUT2D eigenvalue weighted by molar-refractivity contribution is 5.94. The van der Waals surface area contributed by atoms with Crippen LogP contribution in [0.1, 0.15) is 21.6 Å². The number of halogens is 1. The van der Waals surface area contributed by atoms with Crippen LogP contribution in [0.5, 0.6) is 0 Å². The number of rotatable bonds is 4. The Morgan fingerprint density at radius 3 is 2.32 bits per heavy atom. The zero-order chi connectivity index (χ0) is 19.5. The van der Waals surface area contributed by atoms with E-state index in [-0.39, 0.29) is 11.7 Å². The molecule has 28 heavy (non-hydrogen) atoms. The summed E-state index contributed by atoms with van der Waals surface area (Å²) >= 11 is 0. The molecule has 0 bridgehead atoms. The van der Waals surface area contributed by atoms with Crippen LogP contribution in [-0.4, -0.2) is 51.7 Å². The van der Waals surface area contributed by atoms with Crippen LogP contribution in [-0.2, 0) is 6.54 Å². The molecule has 1 saturated heterocycles. The quantitative estimate of drug-likeness (QED) is 0.700. The van der Waals surface area contributed by atoms with E-state index in [4.69, 9.17) is 0 Å². The van der Waals surface area contributed by atoms with Gasteiger partial charge in [-0.1, -0.05) is 17.7 Å². The fraction of sp³-hybridized carbons (Fsp3) is 0.273. The van der Waals surface area contributed by atoms with E-state index in [2.05, 4.69) is 10.00 Å². The number of benzene rings is 2. The molecule has 0 unspecified atom stereocenters. The Balaban J connectivity index is 1.33. The molecule has 144 valence electrons. The number of carbonyl (C=O) groups is 1. The van der Waals surface area contributed by atoms with Gasteiger partial charge in [-0.2, -0.15) is 5.10 Å². The van der Waals surface area contributed by atoms with Crippen molar-refractivity contribution >= 4 is 5.91 Å². The summed E-state index contributed by atoms with van der Waals surface area (Å²) in [6, 6.07) is 16.0. The van der Waals surface area contributed by atoms with Gasteiger partial charge >= 0.3 is 0 Å². The number of piperazine rings is 1. The highest BCUT2D eigenvalue weighted by atomic mass is 19.1. The lowest BCUT2D eigenvalue weighted by atomic mass is 10.1. The monoisotopic (exact) mass is 378 g/mol. The van der Waals surface area contributed by atoms with Crippen LogP contribution in [0.3, 0.4) is 0 Å². The predicted molar refractivity (Wildman–Crippen MR) is 106 cm³/mol. The normalized spacial score (nSPS) is 15.0. The van der Waals surface area contributed by atoms with E-state index in [1.165, 1.54) is 12.1 Å². The molecule has 1 fully saturated rings. The van der Waals surface area contributed by atoms with Crippen molar-refractivity contribution in [3.05, 3.63) is 83.4 Å². The summed E-state index contributed by atoms with van der Waals surface area (Å²) in [5, 5.41) is 4.59. The Morgan fingerprint density at radius 2 is 1.64 bits per heavy atom. The van der Waals surface area contributed by atoms with Crippen LogP contribution in [0.15, 0.2) is 60.8 Å². The first-order valence-corrected chi connectivity index (χ1v) is 9.47. The molecule has 0 atom stereocenters. The zero-order valence-electron chi connectivity index (χ0n) is 15.9. The van der Waals surface area contributed by atoms with E-state index in [1.54, 1.807) is 16.8 Å². The fourth-order valence-corrected chi connectivity index (χ4v) is 3.40. The maximum Gasteiger partial charge on any atom is 0.253 e. The number of hydrogen-bond donors (Lipinski definition) is 0. The Labute approximate surface area is 164 Å². The molecule has 4 rings (SSSR count). The molecule has 2 aromatic carbocycles. The van der Waals surface area contributed by atoms with Gasteiger partial charge in [0.2, 0.25) is 0 Å². The lowest BCUT2D eigenvalue weighted by Gasteiger charge is -2.34. The van der Waals surface area contributed by atoms with Crippen LogP contribution >= 0.6 is 0 Å². The van der Waals surface area contributed by atoms with Gasteiger partial charge in [-0.25, -0.2) is 9.07 Å². The van der Waals surface area contributed by atoms with Gasteiger partial charge in [-0.05, 0) is 49.4 Å². The SMILES string of the molecule is Cc1ccc(C(=O)N2CCN(Cc3ccn(-c4ccc(F)cc4)n3)CC2)cc1. The third-order valence-electron chi connectivity index (χ3n) is 5.08. The topological polar surface area (TPSA) is 41.4 Å². The maximum atomic E-state index is 13.1. The molecule has 0 saturated carbocycles. The van der Waals surface area contributed by atoms with Crippen LogP contribution in [0, 0.1) is 12.7 Å². The summed E-state index contributed by atoms with van der Waals surface area (Å²) in [7, 11) is 0. The highest BCUT2D eigenvalue weighted by Gasteiger charge is 2.22. The van der Waals surface area contributed by atoms with Gasteiger partial charge in [-0.3, -0.25) is 9.69 Å². The highest BCUT2D eigenvalue weighted by Crippen LogP contribution is 2.13. The van der Waals surface area contributed by atoms with Crippen molar-refractivity contribution in [1.82, 2.24) is 19.6 Å². The first kappa shape index (κ1) is 18.4. The van der Waals surface area contributed by atoms with E-state index in [9.17, 15) is 9.18 Å². The van der Waals surface area contributed by atoms with E-state index in [0.717, 1.165) is 42.1 Å². The molecule has 1 aliphatic heterocycles. The molecule has 2 heterocycles. The lowest BCUT2D eigenvalue weighted by Crippen LogP contribution is -2.48. The number of nitrogens with zero attached hydrogens (tertiary/aromatic N) is 4. The summed E-state index contributed by atoms with van der Waals surface area (Å²) in [6.45, 7) is 5.82. The molecule has 0 spiro atoms. The van der Waals surface area contributed by atoms with Gasteiger partial charge < -0.3 is 4.90 Å². The third-order valence-corrected chi connectivity index (χ3v) is 5.08. The third kappa shape index (κ3) is 4.12. The number of carbonyl (C=O) groups excluding carboxylic acids is 1. The van der Waals surface area contributed by atoms with Gasteiger partial charge in [0.05, 0.1) is 11.4 Å². The summed E-state index contributed by atoms with van der Waals surface area (Å²) in [6.07, 6.45) is 1.89. The van der Waals surface area contributed by atoms with E-state index < -0.39 is 0 Å². The first-order valence-electron chi connectivity index (χ1n) is 9.47. The largest absolute Gasteiger partial charge is 0.336 e. The lowest BCUT2D eigenvalue weighted by molar-refractivity contribution is 0.0627. The molecule has 6 heteroatoms. The second kappa shape index (κ2) is 7.94. The molecule has 1 aromatic heterocycles. The number of amides is 1. The average Bonchev–Trinajstić information content (AvgIpc) is 3.18. The van der Waals surface area contributed by atoms with Crippen LogP contribution < -0.4 is 0 Å². The minimum absolute atomic E-state index is 0.0974. The van der Waals surface area contributed by atoms with Crippen molar-refractivity contribution in [2.24, 2.45) is 0 Å². The standard InChI is InChI=1S/C22H23FN4O/c1-17-2-4-18(5-3-17)22(28)26-14-12-25(13-15-26)16-20-10-11-27(24-20)21-8-6-19(23)7-9-21/h2-11H,12-16H2,1H3. The van der Waals surface area contributed by atoms with E-state index >= 15 is 0 Å². The van der Waals surface area contributed by atoms with Crippen molar-refractivity contribution in [3.8, 4) is 5.69 Å². The van der Waals surface area contributed by atoms with Gasteiger partial charge in [0.15, 0.2) is 0 Å². The molecule has 5 nitrogen and oxygen atoms in total. The van der Waals surface area contributed by atoms with Crippen molar-refractivity contribution < 1.29 is 9.18 Å². The van der Waals surface area contributed by atoms with Gasteiger partial charge in [0.1, 0.15) is 5.82 Å². The Kier molecular flexibility index (Phi) is 5.21. The molecule has 3 aromatic rings. The van der Waals surface area contributed by atoms with Crippen LogP contribution in [0.25, 0.3) is 5.69 Å². The van der Waals surface area contributed by atoms with Crippen molar-refractivity contribution in [1.29, 1.82) is 0 Å². The number of hydrogen-bond acceptors (Lipinski definition) is 3. The first-order chi connectivity index (χ1) is 13.6. The Hall–Kier alpha value is -2.99. The fourth-order valence-electron chi connectivity index (χ4n) is 3.40. The molecule has 1 aliphatic rings. The Bertz CT molecular complexity index is 941. The average molecular weight is 378 g/mol. The van der Waals surface area contributed by atoms with Crippen molar-refractivity contribution in [3.63, 3.8) is 0 Å². The molecule has 0 aliphatic carbocycles. The Morgan fingerprint density at radius 1 is 0.964 bits per heavy atom. The van der Waals surface area contributed by atoms with E-state index in [1.807, 2.05) is 48.4 Å². The van der Waals surface area contributed by atoms with Gasteiger partial charge in [0.25, 0.3) is 5.91 Å². The molecule has 1 amide bonds. The summed E-state index contributed by atoms with van der Waals surface area (Å²) < 4.78 is 14.8. The van der Waals surface area contributed by atoms with Crippen LogP contribution in [0.2, 0.25) is 0 Å². The van der Waals surface area contributed by atoms with Crippen LogP contribution in [0.4, 0.5) is 4.39 Å². The van der Waals surface area contributed by atoms with E-state index in [0.29, 0.717) is 13.1 Å². The smallest absolute Gasteiger partial charge is 0.253 e. The molecular formula is C22H23FN4O. The second-order valence-corrected chi connectivity index (χ2v) is 7.16. The summed E-state index contributed by atoms with van der Waals surface area (Å²) in [4.78, 5) is 16.8. The maximum absolute atomic E-state index is 13.1. The van der Waals surface area contributed by atoms with Crippen molar-refractivity contribution in [2.75, 3.05) is 26.2 Å². The predicted octanol–water partition coefficient (Wildman–Crippen LogP) is 3.28. The minimum atomic E-state index is -0.255. The molecule has 0 N–H and O–H groups in total.